The van der Waals surface area contributed by atoms with Crippen molar-refractivity contribution in [1.82, 2.24) is 0 Å². The number of aryl methyl sites for hydroxylation is 1. The monoisotopic (exact) mass is 416 g/mol. The lowest BCUT2D eigenvalue weighted by Gasteiger charge is -2.51. The molecule has 2 nitrogen and oxygen atoms in total. The van der Waals surface area contributed by atoms with Crippen LogP contribution < -0.4 is 4.43 Å². The molecule has 4 rings (SSSR count). The van der Waals surface area contributed by atoms with Crippen LogP contribution in [0.15, 0.2) is 18.2 Å². The lowest BCUT2D eigenvalue weighted by molar-refractivity contribution is -0.0140. The van der Waals surface area contributed by atoms with Crippen LogP contribution in [0.5, 0.6) is 5.75 Å². The summed E-state index contributed by atoms with van der Waals surface area (Å²) >= 11 is 0. The van der Waals surface area contributed by atoms with Crippen molar-refractivity contribution < 1.29 is 8.85 Å². The van der Waals surface area contributed by atoms with Gasteiger partial charge in [0.1, 0.15) is 5.75 Å². The molecule has 3 aliphatic rings. The van der Waals surface area contributed by atoms with Crippen LogP contribution >= 0.6 is 0 Å². The SMILES string of the molecule is C[C@]12CC[C@@H]3c4ccc(O[Si](C)(C)C)cc4CC[C@H]3[C@@H]1CC[C@@H]2O[Si](C)(C)C. The molecule has 0 spiro atoms. The highest BCUT2D eigenvalue weighted by molar-refractivity contribution is 6.70. The molecule has 0 heterocycles. The van der Waals surface area contributed by atoms with E-state index in [2.05, 4.69) is 64.4 Å². The summed E-state index contributed by atoms with van der Waals surface area (Å²) in [7, 11) is -3.03. The second-order valence-electron chi connectivity index (χ2n) is 11.8. The average molecular weight is 417 g/mol. The number of fused-ring (bicyclic) bond motifs is 5. The van der Waals surface area contributed by atoms with E-state index in [0.717, 1.165) is 23.5 Å². The van der Waals surface area contributed by atoms with Crippen LogP contribution in [0.25, 0.3) is 0 Å². The molecule has 4 heteroatoms. The summed E-state index contributed by atoms with van der Waals surface area (Å²) in [5.41, 5.74) is 3.60. The molecular formula is C24H40O2Si2. The Balaban J connectivity index is 1.56. The van der Waals surface area contributed by atoms with Crippen molar-refractivity contribution in [2.75, 3.05) is 0 Å². The van der Waals surface area contributed by atoms with Gasteiger partial charge in [0.25, 0.3) is 0 Å². The van der Waals surface area contributed by atoms with E-state index in [9.17, 15) is 0 Å². The minimum absolute atomic E-state index is 0.403. The van der Waals surface area contributed by atoms with Gasteiger partial charge in [-0.2, -0.15) is 0 Å². The van der Waals surface area contributed by atoms with Gasteiger partial charge in [0.15, 0.2) is 8.32 Å². The number of hydrogen-bond acceptors (Lipinski definition) is 2. The van der Waals surface area contributed by atoms with Crippen LogP contribution in [0.2, 0.25) is 39.3 Å². The number of benzene rings is 1. The van der Waals surface area contributed by atoms with E-state index in [1.807, 2.05) is 0 Å². The average Bonchev–Trinajstić information content (AvgIpc) is 2.88. The molecule has 0 unspecified atom stereocenters. The summed E-state index contributed by atoms with van der Waals surface area (Å²) in [4.78, 5) is 0. The lowest BCUT2D eigenvalue weighted by Crippen LogP contribution is -2.47. The van der Waals surface area contributed by atoms with Crippen LogP contribution in [0, 0.1) is 17.3 Å². The third-order valence-corrected chi connectivity index (χ3v) is 9.37. The highest BCUT2D eigenvalue weighted by Gasteiger charge is 2.55. The first kappa shape index (κ1) is 20.7. The molecule has 0 saturated heterocycles. The van der Waals surface area contributed by atoms with Gasteiger partial charge < -0.3 is 8.85 Å². The van der Waals surface area contributed by atoms with Crippen molar-refractivity contribution in [2.45, 2.75) is 96.8 Å². The summed E-state index contributed by atoms with van der Waals surface area (Å²) in [5.74, 6) is 3.55. The molecule has 0 amide bonds. The minimum atomic E-state index is -1.54. The Morgan fingerprint density at radius 3 is 2.36 bits per heavy atom. The van der Waals surface area contributed by atoms with Crippen molar-refractivity contribution in [2.24, 2.45) is 17.3 Å². The molecule has 28 heavy (non-hydrogen) atoms. The first-order valence-electron chi connectivity index (χ1n) is 11.5. The van der Waals surface area contributed by atoms with Gasteiger partial charge in [0.05, 0.1) is 6.10 Å². The topological polar surface area (TPSA) is 18.5 Å². The maximum Gasteiger partial charge on any atom is 0.242 e. The van der Waals surface area contributed by atoms with Crippen LogP contribution in [0.3, 0.4) is 0 Å². The van der Waals surface area contributed by atoms with Crippen molar-refractivity contribution in [1.29, 1.82) is 0 Å². The van der Waals surface area contributed by atoms with Gasteiger partial charge >= 0.3 is 0 Å². The largest absolute Gasteiger partial charge is 0.544 e. The minimum Gasteiger partial charge on any atom is -0.544 e. The van der Waals surface area contributed by atoms with Crippen LogP contribution in [-0.2, 0) is 10.8 Å². The predicted molar refractivity (Wildman–Crippen MR) is 123 cm³/mol. The molecule has 0 radical (unpaired) electrons. The van der Waals surface area contributed by atoms with Gasteiger partial charge in [0.2, 0.25) is 8.32 Å². The molecule has 2 fully saturated rings. The summed E-state index contributed by atoms with van der Waals surface area (Å²) in [6.07, 6.45) is 8.41. The fourth-order valence-electron chi connectivity index (χ4n) is 6.55. The van der Waals surface area contributed by atoms with Crippen LogP contribution in [0.1, 0.15) is 56.1 Å². The van der Waals surface area contributed by atoms with E-state index in [1.165, 1.54) is 38.5 Å². The van der Waals surface area contributed by atoms with Gasteiger partial charge in [0, 0.05) is 0 Å². The van der Waals surface area contributed by atoms with E-state index in [0.29, 0.717) is 11.5 Å². The Hall–Kier alpha value is -0.586. The fourth-order valence-corrected chi connectivity index (χ4v) is 8.62. The summed E-state index contributed by atoms with van der Waals surface area (Å²) in [6.45, 7) is 16.4. The summed E-state index contributed by atoms with van der Waals surface area (Å²) < 4.78 is 13.0. The molecular weight excluding hydrogens is 376 g/mol. The molecule has 3 aliphatic carbocycles. The van der Waals surface area contributed by atoms with E-state index in [4.69, 9.17) is 8.85 Å². The van der Waals surface area contributed by atoms with Crippen molar-refractivity contribution in [3.8, 4) is 5.75 Å². The molecule has 0 N–H and O–H groups in total. The van der Waals surface area contributed by atoms with Crippen LogP contribution in [0.4, 0.5) is 0 Å². The smallest absolute Gasteiger partial charge is 0.242 e. The second kappa shape index (κ2) is 6.99. The standard InChI is InChI=1S/C24H40O2Si2/c1-24-15-14-20-19-11-9-18(25-27(2,3)4)16-17(19)8-10-21(20)22(24)12-13-23(24)26-28(5,6)7/h9,11,16,20-23H,8,10,12-15H2,1-7H3/t20-,21-,22+,23+,24+/m1/s1. The maximum atomic E-state index is 6.71. The molecule has 0 aliphatic heterocycles. The highest BCUT2D eigenvalue weighted by Crippen LogP contribution is 2.61. The van der Waals surface area contributed by atoms with Crippen molar-refractivity contribution in [3.63, 3.8) is 0 Å². The van der Waals surface area contributed by atoms with Gasteiger partial charge in [-0.15, -0.1) is 0 Å². The Morgan fingerprint density at radius 2 is 1.68 bits per heavy atom. The van der Waals surface area contributed by atoms with Gasteiger partial charge in [-0.25, -0.2) is 0 Å². The Morgan fingerprint density at radius 1 is 0.929 bits per heavy atom. The highest BCUT2D eigenvalue weighted by atomic mass is 28.4. The second-order valence-corrected chi connectivity index (χ2v) is 20.7. The molecule has 2 saturated carbocycles. The quantitative estimate of drug-likeness (QED) is 0.493. The van der Waals surface area contributed by atoms with E-state index < -0.39 is 16.6 Å². The van der Waals surface area contributed by atoms with E-state index in [1.54, 1.807) is 11.1 Å². The molecule has 0 bridgehead atoms. The van der Waals surface area contributed by atoms with Crippen LogP contribution in [-0.4, -0.2) is 22.7 Å². The zero-order valence-electron chi connectivity index (χ0n) is 19.1. The zero-order chi connectivity index (χ0) is 20.3. The lowest BCUT2D eigenvalue weighted by atomic mass is 9.55. The normalized spacial score (nSPS) is 35.1. The third kappa shape index (κ3) is 3.89. The first-order valence-corrected chi connectivity index (χ1v) is 18.3. The summed E-state index contributed by atoms with van der Waals surface area (Å²) in [5, 5.41) is 0. The van der Waals surface area contributed by atoms with Gasteiger partial charge in [-0.3, -0.25) is 0 Å². The van der Waals surface area contributed by atoms with Crippen molar-refractivity contribution in [3.05, 3.63) is 29.3 Å². The Labute approximate surface area is 174 Å². The van der Waals surface area contributed by atoms with Crippen molar-refractivity contribution >= 4 is 16.6 Å². The van der Waals surface area contributed by atoms with E-state index >= 15 is 0 Å². The van der Waals surface area contributed by atoms with Gasteiger partial charge in [-0.05, 0) is 124 Å². The van der Waals surface area contributed by atoms with E-state index in [-0.39, 0.29) is 0 Å². The fraction of sp³-hybridized carbons (Fsp3) is 0.750. The molecule has 5 atom stereocenters. The molecule has 0 aromatic heterocycles. The number of rotatable bonds is 4. The molecule has 156 valence electrons. The third-order valence-electron chi connectivity index (χ3n) is 7.53. The first-order chi connectivity index (χ1) is 13.0. The molecule has 1 aromatic carbocycles. The van der Waals surface area contributed by atoms with Gasteiger partial charge in [-0.1, -0.05) is 13.0 Å². The zero-order valence-corrected chi connectivity index (χ0v) is 21.1. The Bertz CT molecular complexity index is 733. The maximum absolute atomic E-state index is 6.71. The molecule has 1 aromatic rings. The summed E-state index contributed by atoms with van der Waals surface area (Å²) in [6, 6.07) is 7.03. The Kier molecular flexibility index (Phi) is 5.16. The predicted octanol–water partition coefficient (Wildman–Crippen LogP) is 6.98. The number of hydrogen-bond donors (Lipinski definition) is 0.